The lowest BCUT2D eigenvalue weighted by atomic mass is 10.2. The summed E-state index contributed by atoms with van der Waals surface area (Å²) < 4.78 is 10.3. The molecule has 5 heteroatoms. The minimum absolute atomic E-state index is 0.211. The summed E-state index contributed by atoms with van der Waals surface area (Å²) in [6.07, 6.45) is 1.55. The van der Waals surface area contributed by atoms with Gasteiger partial charge >= 0.3 is 5.97 Å². The number of esters is 1. The molecular formula is C15H16N2O3. The molecule has 0 spiro atoms. The Bertz CT molecular complexity index is 582. The van der Waals surface area contributed by atoms with Crippen LogP contribution in [0, 0.1) is 0 Å². The fourth-order valence-electron chi connectivity index (χ4n) is 1.67. The molecule has 1 heterocycles. The molecule has 0 aliphatic heterocycles. The van der Waals surface area contributed by atoms with E-state index in [0.717, 1.165) is 11.3 Å². The SMILES string of the molecule is COc1ccc(COC(=O)c2ccnc(CN)c2)cc1. The van der Waals surface area contributed by atoms with Crippen LogP contribution in [0.2, 0.25) is 0 Å². The van der Waals surface area contributed by atoms with Crippen molar-refractivity contribution in [3.8, 4) is 5.75 Å². The van der Waals surface area contributed by atoms with Crippen molar-refractivity contribution in [2.45, 2.75) is 13.2 Å². The molecule has 0 unspecified atom stereocenters. The fourth-order valence-corrected chi connectivity index (χ4v) is 1.67. The van der Waals surface area contributed by atoms with Gasteiger partial charge in [0.15, 0.2) is 0 Å². The second-order valence-corrected chi connectivity index (χ2v) is 4.16. The van der Waals surface area contributed by atoms with Crippen LogP contribution in [0.25, 0.3) is 0 Å². The van der Waals surface area contributed by atoms with E-state index in [-0.39, 0.29) is 6.61 Å². The zero-order chi connectivity index (χ0) is 14.4. The van der Waals surface area contributed by atoms with Gasteiger partial charge in [0.1, 0.15) is 12.4 Å². The Morgan fingerprint density at radius 1 is 1.25 bits per heavy atom. The Balaban J connectivity index is 1.97. The monoisotopic (exact) mass is 272 g/mol. The predicted molar refractivity (Wildman–Crippen MR) is 74.2 cm³/mol. The van der Waals surface area contributed by atoms with E-state index < -0.39 is 5.97 Å². The van der Waals surface area contributed by atoms with Gasteiger partial charge in [0, 0.05) is 12.7 Å². The van der Waals surface area contributed by atoms with Crippen LogP contribution in [-0.4, -0.2) is 18.1 Å². The normalized spacial score (nSPS) is 10.1. The summed E-state index contributed by atoms with van der Waals surface area (Å²) in [6, 6.07) is 10.6. The van der Waals surface area contributed by atoms with E-state index in [1.54, 1.807) is 25.4 Å². The van der Waals surface area contributed by atoms with Crippen LogP contribution in [-0.2, 0) is 17.9 Å². The summed E-state index contributed by atoms with van der Waals surface area (Å²) in [5.41, 5.74) is 7.49. The van der Waals surface area contributed by atoms with E-state index in [9.17, 15) is 4.79 Å². The number of pyridine rings is 1. The highest BCUT2D eigenvalue weighted by molar-refractivity contribution is 5.89. The molecule has 104 valence electrons. The molecule has 2 N–H and O–H groups in total. The molecule has 0 radical (unpaired) electrons. The van der Waals surface area contributed by atoms with Gasteiger partial charge in [-0.3, -0.25) is 4.98 Å². The van der Waals surface area contributed by atoms with Gasteiger partial charge in [-0.2, -0.15) is 0 Å². The van der Waals surface area contributed by atoms with E-state index in [2.05, 4.69) is 4.98 Å². The first kappa shape index (κ1) is 14.0. The molecular weight excluding hydrogens is 256 g/mol. The van der Waals surface area contributed by atoms with Gasteiger partial charge < -0.3 is 15.2 Å². The second kappa shape index (κ2) is 6.68. The number of rotatable bonds is 5. The van der Waals surface area contributed by atoms with Gasteiger partial charge in [-0.25, -0.2) is 4.79 Å². The molecule has 1 aromatic heterocycles. The van der Waals surface area contributed by atoms with E-state index in [1.165, 1.54) is 0 Å². The number of hydrogen-bond donors (Lipinski definition) is 1. The third kappa shape index (κ3) is 3.55. The van der Waals surface area contributed by atoms with E-state index in [4.69, 9.17) is 15.2 Å². The lowest BCUT2D eigenvalue weighted by Crippen LogP contribution is -2.07. The minimum Gasteiger partial charge on any atom is -0.497 e. The molecule has 0 amide bonds. The van der Waals surface area contributed by atoms with Crippen molar-refractivity contribution in [3.63, 3.8) is 0 Å². The Hall–Kier alpha value is -2.40. The zero-order valence-electron chi connectivity index (χ0n) is 11.2. The maximum Gasteiger partial charge on any atom is 0.338 e. The number of benzene rings is 1. The quantitative estimate of drug-likeness (QED) is 0.841. The number of ether oxygens (including phenoxy) is 2. The predicted octanol–water partition coefficient (Wildman–Crippen LogP) is 1.91. The fraction of sp³-hybridized carbons (Fsp3) is 0.200. The number of carbonyl (C=O) groups excluding carboxylic acids is 1. The molecule has 0 aliphatic carbocycles. The molecule has 20 heavy (non-hydrogen) atoms. The Morgan fingerprint density at radius 3 is 2.65 bits per heavy atom. The summed E-state index contributed by atoms with van der Waals surface area (Å²) in [5.74, 6) is 0.375. The van der Waals surface area contributed by atoms with Crippen LogP contribution >= 0.6 is 0 Å². The smallest absolute Gasteiger partial charge is 0.338 e. The maximum absolute atomic E-state index is 11.9. The minimum atomic E-state index is -0.391. The highest BCUT2D eigenvalue weighted by Gasteiger charge is 2.08. The second-order valence-electron chi connectivity index (χ2n) is 4.16. The average molecular weight is 272 g/mol. The van der Waals surface area contributed by atoms with Gasteiger partial charge in [-0.1, -0.05) is 12.1 Å². The number of aromatic nitrogens is 1. The number of methoxy groups -OCH3 is 1. The van der Waals surface area contributed by atoms with Crippen LogP contribution in [0.3, 0.4) is 0 Å². The summed E-state index contributed by atoms with van der Waals surface area (Å²) in [5, 5.41) is 0. The highest BCUT2D eigenvalue weighted by Crippen LogP contribution is 2.13. The molecule has 0 aliphatic rings. The highest BCUT2D eigenvalue weighted by atomic mass is 16.5. The Morgan fingerprint density at radius 2 is 2.00 bits per heavy atom. The van der Waals surface area contributed by atoms with Gasteiger partial charge in [0.25, 0.3) is 0 Å². The van der Waals surface area contributed by atoms with Gasteiger partial charge in [0.2, 0.25) is 0 Å². The third-order valence-corrected chi connectivity index (χ3v) is 2.79. The molecule has 5 nitrogen and oxygen atoms in total. The number of nitrogens with two attached hydrogens (primary N) is 1. The maximum atomic E-state index is 11.9. The number of hydrogen-bond acceptors (Lipinski definition) is 5. The van der Waals surface area contributed by atoms with Gasteiger partial charge in [-0.15, -0.1) is 0 Å². The molecule has 0 fully saturated rings. The van der Waals surface area contributed by atoms with Gasteiger partial charge in [0.05, 0.1) is 18.4 Å². The first-order valence-electron chi connectivity index (χ1n) is 6.18. The van der Waals surface area contributed by atoms with Crippen molar-refractivity contribution in [2.24, 2.45) is 5.73 Å². The molecule has 0 saturated heterocycles. The topological polar surface area (TPSA) is 74.4 Å². The molecule has 2 rings (SSSR count). The molecule has 2 aromatic rings. The molecule has 0 atom stereocenters. The number of nitrogens with zero attached hydrogens (tertiary/aromatic N) is 1. The molecule has 0 saturated carbocycles. The summed E-state index contributed by atoms with van der Waals surface area (Å²) in [7, 11) is 1.60. The van der Waals surface area contributed by atoms with Crippen LogP contribution in [0.1, 0.15) is 21.6 Å². The van der Waals surface area contributed by atoms with Crippen molar-refractivity contribution in [3.05, 3.63) is 59.4 Å². The van der Waals surface area contributed by atoms with Crippen molar-refractivity contribution < 1.29 is 14.3 Å². The molecule has 0 bridgehead atoms. The summed E-state index contributed by atoms with van der Waals surface area (Å²) >= 11 is 0. The van der Waals surface area contributed by atoms with E-state index in [0.29, 0.717) is 17.8 Å². The first-order valence-corrected chi connectivity index (χ1v) is 6.18. The van der Waals surface area contributed by atoms with Crippen LogP contribution in [0.15, 0.2) is 42.6 Å². The van der Waals surface area contributed by atoms with Crippen LogP contribution in [0.5, 0.6) is 5.75 Å². The van der Waals surface area contributed by atoms with Crippen molar-refractivity contribution >= 4 is 5.97 Å². The van der Waals surface area contributed by atoms with Crippen LogP contribution < -0.4 is 10.5 Å². The lowest BCUT2D eigenvalue weighted by molar-refractivity contribution is 0.0472. The van der Waals surface area contributed by atoms with E-state index in [1.807, 2.05) is 24.3 Å². The third-order valence-electron chi connectivity index (χ3n) is 2.79. The van der Waals surface area contributed by atoms with E-state index >= 15 is 0 Å². The van der Waals surface area contributed by atoms with Crippen molar-refractivity contribution in [2.75, 3.05) is 7.11 Å². The zero-order valence-corrected chi connectivity index (χ0v) is 11.2. The van der Waals surface area contributed by atoms with Crippen LogP contribution in [0.4, 0.5) is 0 Å². The van der Waals surface area contributed by atoms with Crippen molar-refractivity contribution in [1.82, 2.24) is 4.98 Å². The van der Waals surface area contributed by atoms with Crippen molar-refractivity contribution in [1.29, 1.82) is 0 Å². The first-order chi connectivity index (χ1) is 9.72. The average Bonchev–Trinajstić information content (AvgIpc) is 2.53. The number of carbonyl (C=O) groups is 1. The Labute approximate surface area is 117 Å². The summed E-state index contributed by atoms with van der Waals surface area (Å²) in [4.78, 5) is 15.9. The van der Waals surface area contributed by atoms with Gasteiger partial charge in [-0.05, 0) is 29.8 Å². The summed E-state index contributed by atoms with van der Waals surface area (Å²) in [6.45, 7) is 0.503. The Kier molecular flexibility index (Phi) is 4.68. The lowest BCUT2D eigenvalue weighted by Gasteiger charge is -2.06. The largest absolute Gasteiger partial charge is 0.497 e. The molecule has 1 aromatic carbocycles. The standard InChI is InChI=1S/C15H16N2O3/c1-19-14-4-2-11(3-5-14)10-20-15(18)12-6-7-17-13(8-12)9-16/h2-8H,9-10,16H2,1H3.